The van der Waals surface area contributed by atoms with E-state index in [9.17, 15) is 4.79 Å². The summed E-state index contributed by atoms with van der Waals surface area (Å²) in [5, 5.41) is 4.96. The average molecular weight is 322 g/mol. The second-order valence-electron chi connectivity index (χ2n) is 4.59. The molecule has 112 valence electrons. The van der Waals surface area contributed by atoms with Crippen molar-refractivity contribution in [1.29, 1.82) is 0 Å². The van der Waals surface area contributed by atoms with Crippen LogP contribution >= 0.6 is 23.1 Å². The van der Waals surface area contributed by atoms with Gasteiger partial charge in [0.25, 0.3) is 5.91 Å². The van der Waals surface area contributed by atoms with Crippen LogP contribution in [0.2, 0.25) is 0 Å². The quantitative estimate of drug-likeness (QED) is 0.795. The Morgan fingerprint density at radius 1 is 1.48 bits per heavy atom. The number of nitrogens with zero attached hydrogens (tertiary/aromatic N) is 1. The number of thioether (sulfide) groups is 1. The van der Waals surface area contributed by atoms with E-state index in [1.54, 1.807) is 30.2 Å². The molecule has 0 aliphatic heterocycles. The molecule has 6 heteroatoms. The molecule has 0 aliphatic rings. The highest BCUT2D eigenvalue weighted by atomic mass is 32.2. The lowest BCUT2D eigenvalue weighted by Crippen LogP contribution is -2.35. The van der Waals surface area contributed by atoms with Crippen molar-refractivity contribution in [3.8, 4) is 0 Å². The Kier molecular flexibility index (Phi) is 6.22. The van der Waals surface area contributed by atoms with Gasteiger partial charge in [-0.2, -0.15) is 0 Å². The van der Waals surface area contributed by atoms with Gasteiger partial charge in [0.1, 0.15) is 0 Å². The van der Waals surface area contributed by atoms with Gasteiger partial charge in [-0.25, -0.2) is 4.98 Å². The first-order valence-electron chi connectivity index (χ1n) is 6.59. The van der Waals surface area contributed by atoms with E-state index in [1.807, 2.05) is 42.1 Å². The molecule has 0 bridgehead atoms. The molecule has 0 saturated carbocycles. The van der Waals surface area contributed by atoms with Crippen molar-refractivity contribution < 1.29 is 9.53 Å². The number of ether oxygens (including phenoxy) is 1. The van der Waals surface area contributed by atoms with Crippen molar-refractivity contribution in [2.45, 2.75) is 23.6 Å². The SMILES string of the molecule is COCC(C)NC(=O)c1ccccc1SCc1cscn1. The van der Waals surface area contributed by atoms with Crippen molar-refractivity contribution in [2.75, 3.05) is 13.7 Å². The highest BCUT2D eigenvalue weighted by molar-refractivity contribution is 7.98. The number of methoxy groups -OCH3 is 1. The summed E-state index contributed by atoms with van der Waals surface area (Å²) in [6, 6.07) is 7.62. The Labute approximate surface area is 132 Å². The fourth-order valence-corrected chi connectivity index (χ4v) is 3.45. The normalized spacial score (nSPS) is 12.1. The lowest BCUT2D eigenvalue weighted by molar-refractivity contribution is 0.0902. The molecule has 4 nitrogen and oxygen atoms in total. The van der Waals surface area contributed by atoms with Crippen molar-refractivity contribution in [1.82, 2.24) is 10.3 Å². The van der Waals surface area contributed by atoms with Crippen LogP contribution in [0.5, 0.6) is 0 Å². The Hall–Kier alpha value is -1.37. The molecule has 0 spiro atoms. The Morgan fingerprint density at radius 3 is 3.00 bits per heavy atom. The van der Waals surface area contributed by atoms with Gasteiger partial charge in [-0.15, -0.1) is 23.1 Å². The van der Waals surface area contributed by atoms with E-state index in [2.05, 4.69) is 10.3 Å². The number of hydrogen-bond acceptors (Lipinski definition) is 5. The van der Waals surface area contributed by atoms with E-state index >= 15 is 0 Å². The van der Waals surface area contributed by atoms with Crippen LogP contribution in [0.25, 0.3) is 0 Å². The monoisotopic (exact) mass is 322 g/mol. The summed E-state index contributed by atoms with van der Waals surface area (Å²) >= 11 is 3.21. The molecule has 0 saturated heterocycles. The maximum Gasteiger partial charge on any atom is 0.252 e. The number of aromatic nitrogens is 1. The molecular formula is C15H18N2O2S2. The van der Waals surface area contributed by atoms with Crippen LogP contribution in [0.3, 0.4) is 0 Å². The van der Waals surface area contributed by atoms with Gasteiger partial charge in [0, 0.05) is 29.2 Å². The van der Waals surface area contributed by atoms with Crippen LogP contribution < -0.4 is 5.32 Å². The first-order valence-corrected chi connectivity index (χ1v) is 8.52. The minimum Gasteiger partial charge on any atom is -0.383 e. The smallest absolute Gasteiger partial charge is 0.252 e. The molecule has 0 radical (unpaired) electrons. The highest BCUT2D eigenvalue weighted by Gasteiger charge is 2.14. The zero-order valence-corrected chi connectivity index (χ0v) is 13.7. The molecule has 1 atom stereocenters. The second kappa shape index (κ2) is 8.17. The van der Waals surface area contributed by atoms with Crippen molar-refractivity contribution >= 4 is 29.0 Å². The van der Waals surface area contributed by atoms with E-state index in [0.29, 0.717) is 12.2 Å². The highest BCUT2D eigenvalue weighted by Crippen LogP contribution is 2.26. The Balaban J connectivity index is 2.03. The number of rotatable bonds is 7. The average Bonchev–Trinajstić information content (AvgIpc) is 2.99. The molecular weight excluding hydrogens is 304 g/mol. The van der Waals surface area contributed by atoms with Crippen molar-refractivity contribution in [3.05, 3.63) is 46.4 Å². The minimum absolute atomic E-state index is 0.0147. The summed E-state index contributed by atoms with van der Waals surface area (Å²) in [4.78, 5) is 17.5. The zero-order valence-electron chi connectivity index (χ0n) is 12.0. The third-order valence-corrected chi connectivity index (χ3v) is 4.53. The van der Waals surface area contributed by atoms with Gasteiger partial charge in [-0.1, -0.05) is 12.1 Å². The standard InChI is InChI=1S/C15H18N2O2S2/c1-11(7-19-2)17-15(18)13-5-3-4-6-14(13)21-9-12-8-20-10-16-12/h3-6,8,10-11H,7,9H2,1-2H3,(H,17,18). The fourth-order valence-electron chi connectivity index (χ4n) is 1.83. The summed E-state index contributed by atoms with van der Waals surface area (Å²) in [5.41, 5.74) is 3.55. The molecule has 1 heterocycles. The first-order chi connectivity index (χ1) is 10.2. The third kappa shape index (κ3) is 4.84. The molecule has 2 rings (SSSR count). The van der Waals surface area contributed by atoms with Crippen LogP contribution in [0.4, 0.5) is 0 Å². The lowest BCUT2D eigenvalue weighted by atomic mass is 10.2. The van der Waals surface area contributed by atoms with Gasteiger partial charge in [-0.05, 0) is 19.1 Å². The van der Waals surface area contributed by atoms with Crippen molar-refractivity contribution in [3.63, 3.8) is 0 Å². The number of nitrogens with one attached hydrogen (secondary N) is 1. The fraction of sp³-hybridized carbons (Fsp3) is 0.333. The predicted molar refractivity (Wildman–Crippen MR) is 86.9 cm³/mol. The van der Waals surface area contributed by atoms with Crippen molar-refractivity contribution in [2.24, 2.45) is 0 Å². The maximum atomic E-state index is 12.3. The first kappa shape index (κ1) is 16.0. The summed E-state index contributed by atoms with van der Waals surface area (Å²) in [5.74, 6) is 0.697. The molecule has 1 unspecified atom stereocenters. The molecule has 0 fully saturated rings. The van der Waals surface area contributed by atoms with Crippen LogP contribution in [0.1, 0.15) is 23.0 Å². The van der Waals surface area contributed by atoms with Crippen LogP contribution in [-0.2, 0) is 10.5 Å². The summed E-state index contributed by atoms with van der Waals surface area (Å²) < 4.78 is 5.04. The van der Waals surface area contributed by atoms with E-state index in [0.717, 1.165) is 16.3 Å². The summed E-state index contributed by atoms with van der Waals surface area (Å²) in [7, 11) is 1.63. The predicted octanol–water partition coefficient (Wildman–Crippen LogP) is 3.20. The summed E-state index contributed by atoms with van der Waals surface area (Å²) in [6.45, 7) is 2.42. The van der Waals surface area contributed by atoms with Crippen LogP contribution in [0.15, 0.2) is 40.1 Å². The topological polar surface area (TPSA) is 51.2 Å². The lowest BCUT2D eigenvalue weighted by Gasteiger charge is -2.14. The molecule has 0 aliphatic carbocycles. The van der Waals surface area contributed by atoms with Gasteiger partial charge >= 0.3 is 0 Å². The van der Waals surface area contributed by atoms with Gasteiger partial charge < -0.3 is 10.1 Å². The van der Waals surface area contributed by atoms with E-state index in [4.69, 9.17) is 4.74 Å². The number of benzene rings is 1. The second-order valence-corrected chi connectivity index (χ2v) is 6.33. The Bertz CT molecular complexity index is 573. The number of amides is 1. The molecule has 1 N–H and O–H groups in total. The summed E-state index contributed by atoms with van der Waals surface area (Å²) in [6.07, 6.45) is 0. The largest absolute Gasteiger partial charge is 0.383 e. The van der Waals surface area contributed by atoms with Gasteiger partial charge in [0.2, 0.25) is 0 Å². The van der Waals surface area contributed by atoms with Gasteiger partial charge in [-0.3, -0.25) is 4.79 Å². The molecule has 1 amide bonds. The van der Waals surface area contributed by atoms with Gasteiger partial charge in [0.05, 0.1) is 23.4 Å². The number of hydrogen-bond donors (Lipinski definition) is 1. The van der Waals surface area contributed by atoms with E-state index < -0.39 is 0 Å². The van der Waals surface area contributed by atoms with E-state index in [1.165, 1.54) is 0 Å². The van der Waals surface area contributed by atoms with E-state index in [-0.39, 0.29) is 11.9 Å². The maximum absolute atomic E-state index is 12.3. The number of carbonyl (C=O) groups excluding carboxylic acids is 1. The molecule has 2 aromatic rings. The van der Waals surface area contributed by atoms with Crippen LogP contribution in [-0.4, -0.2) is 30.6 Å². The number of thiazole rings is 1. The van der Waals surface area contributed by atoms with Crippen LogP contribution in [0, 0.1) is 0 Å². The zero-order chi connectivity index (χ0) is 15.1. The Morgan fingerprint density at radius 2 is 2.29 bits per heavy atom. The van der Waals surface area contributed by atoms with Gasteiger partial charge in [0.15, 0.2) is 0 Å². The molecule has 21 heavy (non-hydrogen) atoms. The number of carbonyl (C=O) groups is 1. The molecule has 1 aromatic carbocycles. The molecule has 1 aromatic heterocycles. The third-order valence-electron chi connectivity index (χ3n) is 2.78. The minimum atomic E-state index is -0.0686.